The summed E-state index contributed by atoms with van der Waals surface area (Å²) in [5.74, 6) is 0. The number of fused-ring (bicyclic) bond motifs is 4. The van der Waals surface area contributed by atoms with Crippen molar-refractivity contribution in [2.45, 2.75) is 46.3 Å². The molecule has 1 saturated heterocycles. The second-order valence-corrected chi connectivity index (χ2v) is 11.6. The molecule has 5 rings (SSSR count). The SMILES string of the molecule is CC(C)n1c2cc(N3CCN(C(=O)OC(C)(C)C)CC3)c(Br)cc2c(=O)c2c3ccc(C#N)cc3[nH]c21. The van der Waals surface area contributed by atoms with Gasteiger partial charge in [0.1, 0.15) is 11.2 Å². The number of amides is 1. The van der Waals surface area contributed by atoms with Crippen LogP contribution in [0.15, 0.2) is 39.6 Å². The highest BCUT2D eigenvalue weighted by atomic mass is 79.9. The Morgan fingerprint density at radius 2 is 1.81 bits per heavy atom. The van der Waals surface area contributed by atoms with E-state index in [9.17, 15) is 14.9 Å². The van der Waals surface area contributed by atoms with Crippen LogP contribution in [-0.4, -0.2) is 52.3 Å². The molecule has 1 amide bonds. The van der Waals surface area contributed by atoms with E-state index in [2.05, 4.69) is 56.4 Å². The maximum atomic E-state index is 13.8. The zero-order chi connectivity index (χ0) is 26.6. The number of ether oxygens (including phenoxy) is 1. The summed E-state index contributed by atoms with van der Waals surface area (Å²) in [7, 11) is 0. The van der Waals surface area contributed by atoms with Crippen LogP contribution in [0.2, 0.25) is 0 Å². The van der Waals surface area contributed by atoms with Crippen LogP contribution in [0.4, 0.5) is 10.5 Å². The molecule has 4 aromatic rings. The number of rotatable bonds is 2. The van der Waals surface area contributed by atoms with E-state index >= 15 is 0 Å². The average Bonchev–Trinajstić information content (AvgIpc) is 3.21. The zero-order valence-corrected chi connectivity index (χ0v) is 23.3. The molecule has 0 aliphatic carbocycles. The van der Waals surface area contributed by atoms with Gasteiger partial charge in [-0.2, -0.15) is 5.26 Å². The number of pyridine rings is 1. The lowest BCUT2D eigenvalue weighted by Crippen LogP contribution is -2.50. The quantitative estimate of drug-likeness (QED) is 0.327. The smallest absolute Gasteiger partial charge is 0.410 e. The van der Waals surface area contributed by atoms with Crippen molar-refractivity contribution in [1.29, 1.82) is 5.26 Å². The Morgan fingerprint density at radius 1 is 1.11 bits per heavy atom. The number of aromatic nitrogens is 2. The first-order valence-corrected chi connectivity index (χ1v) is 13.2. The van der Waals surface area contributed by atoms with Crippen LogP contribution in [0.1, 0.15) is 46.2 Å². The van der Waals surface area contributed by atoms with E-state index in [-0.39, 0.29) is 17.6 Å². The summed E-state index contributed by atoms with van der Waals surface area (Å²) >= 11 is 3.72. The Hall–Kier alpha value is -3.51. The molecule has 0 atom stereocenters. The van der Waals surface area contributed by atoms with Crippen LogP contribution in [0.3, 0.4) is 0 Å². The van der Waals surface area contributed by atoms with E-state index in [4.69, 9.17) is 4.74 Å². The first kappa shape index (κ1) is 25.2. The second kappa shape index (κ2) is 9.10. The van der Waals surface area contributed by atoms with Crippen molar-refractivity contribution in [1.82, 2.24) is 14.5 Å². The van der Waals surface area contributed by atoms with Crippen LogP contribution in [-0.2, 0) is 4.74 Å². The summed E-state index contributed by atoms with van der Waals surface area (Å²) in [4.78, 5) is 33.7. The number of carbonyl (C=O) groups is 1. The maximum absolute atomic E-state index is 13.8. The number of hydrogen-bond acceptors (Lipinski definition) is 5. The van der Waals surface area contributed by atoms with Crippen LogP contribution >= 0.6 is 15.9 Å². The van der Waals surface area contributed by atoms with Crippen LogP contribution < -0.4 is 10.3 Å². The minimum Gasteiger partial charge on any atom is -0.444 e. The molecular weight excluding hydrogens is 534 g/mol. The second-order valence-electron chi connectivity index (χ2n) is 10.8. The number of aromatic amines is 1. The van der Waals surface area contributed by atoms with Gasteiger partial charge in [-0.15, -0.1) is 0 Å². The third-order valence-corrected chi connectivity index (χ3v) is 7.37. The molecule has 192 valence electrons. The lowest BCUT2D eigenvalue weighted by Gasteiger charge is -2.37. The number of H-pyrrole nitrogens is 1. The normalized spacial score (nSPS) is 14.6. The van der Waals surface area contributed by atoms with Gasteiger partial charge in [0.2, 0.25) is 0 Å². The van der Waals surface area contributed by atoms with Gasteiger partial charge in [0.15, 0.2) is 5.43 Å². The van der Waals surface area contributed by atoms with Crippen molar-refractivity contribution in [2.24, 2.45) is 0 Å². The molecule has 9 heteroatoms. The molecule has 0 bridgehead atoms. The Kier molecular flexibility index (Phi) is 6.19. The number of piperazine rings is 1. The Morgan fingerprint density at radius 3 is 2.43 bits per heavy atom. The van der Waals surface area contributed by atoms with Gasteiger partial charge in [-0.25, -0.2) is 4.79 Å². The van der Waals surface area contributed by atoms with E-state index in [0.29, 0.717) is 42.5 Å². The number of anilines is 1. The van der Waals surface area contributed by atoms with Gasteiger partial charge in [0, 0.05) is 53.0 Å². The standard InChI is InChI=1S/C28H30BrN5O3/c1-16(2)34-22-14-23(32-8-10-33(11-9-32)27(36)37-28(3,4)5)20(29)13-19(22)25(35)24-18-7-6-17(15-30)12-21(18)31-26(24)34/h6-7,12-14,16,31H,8-11H2,1-5H3. The number of nitrogens with zero attached hydrogens (tertiary/aromatic N) is 4. The monoisotopic (exact) mass is 563 g/mol. The first-order valence-electron chi connectivity index (χ1n) is 12.4. The third kappa shape index (κ3) is 4.44. The van der Waals surface area contributed by atoms with E-state index in [0.717, 1.165) is 32.2 Å². The molecule has 37 heavy (non-hydrogen) atoms. The predicted molar refractivity (Wildman–Crippen MR) is 150 cm³/mol. The van der Waals surface area contributed by atoms with Crippen molar-refractivity contribution in [3.8, 4) is 6.07 Å². The van der Waals surface area contributed by atoms with E-state index in [1.54, 1.807) is 17.0 Å². The fourth-order valence-corrected chi connectivity index (χ4v) is 5.68. The number of nitrogens with one attached hydrogen (secondary N) is 1. The highest BCUT2D eigenvalue weighted by Crippen LogP contribution is 2.35. The van der Waals surface area contributed by atoms with Crippen molar-refractivity contribution in [3.63, 3.8) is 0 Å². The third-order valence-electron chi connectivity index (χ3n) is 6.73. The number of benzene rings is 2. The Labute approximate surface area is 223 Å². The van der Waals surface area contributed by atoms with Gasteiger partial charge in [0.05, 0.1) is 28.2 Å². The Bertz CT molecular complexity index is 1650. The summed E-state index contributed by atoms with van der Waals surface area (Å²) < 4.78 is 8.53. The minimum absolute atomic E-state index is 0.0418. The summed E-state index contributed by atoms with van der Waals surface area (Å²) in [6, 6.07) is 11.6. The predicted octanol–water partition coefficient (Wildman–Crippen LogP) is 5.91. The van der Waals surface area contributed by atoms with Gasteiger partial charge >= 0.3 is 6.09 Å². The largest absolute Gasteiger partial charge is 0.444 e. The first-order chi connectivity index (χ1) is 17.5. The lowest BCUT2D eigenvalue weighted by molar-refractivity contribution is 0.0240. The fraction of sp³-hybridized carbons (Fsp3) is 0.393. The Balaban J connectivity index is 1.60. The van der Waals surface area contributed by atoms with E-state index in [1.807, 2.05) is 32.9 Å². The van der Waals surface area contributed by atoms with Crippen LogP contribution in [0, 0.1) is 11.3 Å². The molecule has 1 aliphatic rings. The van der Waals surface area contributed by atoms with Gasteiger partial charge < -0.3 is 24.1 Å². The molecule has 0 unspecified atom stereocenters. The van der Waals surface area contributed by atoms with Gasteiger partial charge in [-0.1, -0.05) is 6.07 Å². The lowest BCUT2D eigenvalue weighted by atomic mass is 10.1. The molecule has 0 spiro atoms. The molecule has 1 aliphatic heterocycles. The highest BCUT2D eigenvalue weighted by Gasteiger charge is 2.27. The zero-order valence-electron chi connectivity index (χ0n) is 21.7. The molecule has 1 fully saturated rings. The molecule has 2 aromatic heterocycles. The maximum Gasteiger partial charge on any atom is 0.410 e. The van der Waals surface area contributed by atoms with Crippen molar-refractivity contribution < 1.29 is 9.53 Å². The van der Waals surface area contributed by atoms with Gasteiger partial charge in [-0.3, -0.25) is 4.79 Å². The molecule has 2 aromatic carbocycles. The number of nitriles is 1. The summed E-state index contributed by atoms with van der Waals surface area (Å²) in [5.41, 5.74) is 3.32. The van der Waals surface area contributed by atoms with E-state index in [1.165, 1.54) is 0 Å². The number of halogens is 1. The average molecular weight is 564 g/mol. The van der Waals surface area contributed by atoms with Crippen LogP contribution in [0.25, 0.3) is 32.8 Å². The summed E-state index contributed by atoms with van der Waals surface area (Å²) in [6.07, 6.45) is -0.292. The number of hydrogen-bond donors (Lipinski definition) is 1. The molecule has 1 N–H and O–H groups in total. The topological polar surface area (TPSA) is 94.4 Å². The number of carbonyl (C=O) groups excluding carboxylic acids is 1. The van der Waals surface area contributed by atoms with E-state index < -0.39 is 5.60 Å². The van der Waals surface area contributed by atoms with Gasteiger partial charge in [-0.05, 0) is 74.8 Å². The molecule has 0 saturated carbocycles. The molecule has 8 nitrogen and oxygen atoms in total. The van der Waals surface area contributed by atoms with Gasteiger partial charge in [0.25, 0.3) is 0 Å². The van der Waals surface area contributed by atoms with Crippen molar-refractivity contribution >= 4 is 60.5 Å². The fourth-order valence-electron chi connectivity index (χ4n) is 5.09. The molecule has 0 radical (unpaired) electrons. The highest BCUT2D eigenvalue weighted by molar-refractivity contribution is 9.10. The molecular formula is C28H30BrN5O3. The van der Waals surface area contributed by atoms with Crippen molar-refractivity contribution in [2.75, 3.05) is 31.1 Å². The van der Waals surface area contributed by atoms with Crippen molar-refractivity contribution in [3.05, 3.63) is 50.6 Å². The summed E-state index contributed by atoms with van der Waals surface area (Å²) in [5, 5.41) is 11.4. The molecule has 3 heterocycles. The summed E-state index contributed by atoms with van der Waals surface area (Å²) in [6.45, 7) is 12.2. The van der Waals surface area contributed by atoms with Crippen LogP contribution in [0.5, 0.6) is 0 Å². The minimum atomic E-state index is -0.528.